The maximum absolute atomic E-state index is 12.4. The van der Waals surface area contributed by atoms with Crippen molar-refractivity contribution in [1.29, 1.82) is 0 Å². The zero-order chi connectivity index (χ0) is 15.4. The lowest BCUT2D eigenvalue weighted by Crippen LogP contribution is -2.14. The number of ketones is 1. The molecule has 2 rings (SSSR count). The van der Waals surface area contributed by atoms with E-state index in [0.29, 0.717) is 22.4 Å². The number of hydrogen-bond acceptors (Lipinski definition) is 6. The van der Waals surface area contributed by atoms with Gasteiger partial charge in [0.05, 0.1) is 5.25 Å². The zero-order valence-corrected chi connectivity index (χ0v) is 12.9. The second-order valence-electron chi connectivity index (χ2n) is 4.68. The molecule has 110 valence electrons. The largest absolute Gasteiger partial charge is 0.383 e. The summed E-state index contributed by atoms with van der Waals surface area (Å²) < 4.78 is 0. The molecule has 1 atom stereocenters. The molecule has 0 saturated heterocycles. The first kappa shape index (κ1) is 15.3. The highest BCUT2D eigenvalue weighted by Crippen LogP contribution is 2.24. The number of rotatable bonds is 5. The summed E-state index contributed by atoms with van der Waals surface area (Å²) in [4.78, 5) is 20.5. The number of carbonyl (C=O) groups is 1. The maximum Gasteiger partial charge on any atom is 0.192 e. The number of aryl methyl sites for hydroxylation is 1. The van der Waals surface area contributed by atoms with Crippen LogP contribution < -0.4 is 11.5 Å². The minimum Gasteiger partial charge on any atom is -0.383 e. The molecule has 0 bridgehead atoms. The van der Waals surface area contributed by atoms with Crippen molar-refractivity contribution >= 4 is 29.2 Å². The van der Waals surface area contributed by atoms with Gasteiger partial charge in [-0.2, -0.15) is 0 Å². The number of aromatic nitrogens is 2. The summed E-state index contributed by atoms with van der Waals surface area (Å²) in [6, 6.07) is 9.14. The van der Waals surface area contributed by atoms with Crippen molar-refractivity contribution in [3.8, 4) is 0 Å². The number of thioether (sulfide) groups is 1. The second-order valence-corrected chi connectivity index (χ2v) is 5.98. The van der Waals surface area contributed by atoms with Crippen molar-refractivity contribution in [3.63, 3.8) is 0 Å². The van der Waals surface area contributed by atoms with E-state index >= 15 is 0 Å². The van der Waals surface area contributed by atoms with Gasteiger partial charge in [-0.1, -0.05) is 43.0 Å². The molecule has 21 heavy (non-hydrogen) atoms. The van der Waals surface area contributed by atoms with E-state index in [-0.39, 0.29) is 11.0 Å². The predicted octanol–water partition coefficient (Wildman–Crippen LogP) is 2.57. The van der Waals surface area contributed by atoms with Crippen molar-refractivity contribution in [1.82, 2.24) is 9.97 Å². The quantitative estimate of drug-likeness (QED) is 0.501. The van der Waals surface area contributed by atoms with E-state index < -0.39 is 0 Å². The van der Waals surface area contributed by atoms with Crippen molar-refractivity contribution in [3.05, 3.63) is 41.5 Å². The lowest BCUT2D eigenvalue weighted by molar-refractivity contribution is 0.0994. The fraction of sp³-hybridized carbons (Fsp3) is 0.267. The van der Waals surface area contributed by atoms with Crippen LogP contribution in [0.25, 0.3) is 0 Å². The Morgan fingerprint density at radius 3 is 2.29 bits per heavy atom. The highest BCUT2D eigenvalue weighted by Gasteiger charge is 2.18. The Morgan fingerprint density at radius 1 is 1.19 bits per heavy atom. The van der Waals surface area contributed by atoms with Crippen LogP contribution in [0.15, 0.2) is 35.5 Å². The van der Waals surface area contributed by atoms with E-state index in [9.17, 15) is 4.79 Å². The van der Waals surface area contributed by atoms with Gasteiger partial charge in [0.2, 0.25) is 0 Å². The molecule has 0 fully saturated rings. The Labute approximate surface area is 128 Å². The molecular weight excluding hydrogens is 284 g/mol. The van der Waals surface area contributed by atoms with Crippen LogP contribution in [0.5, 0.6) is 0 Å². The number of nitrogens with zero attached hydrogens (tertiary/aromatic N) is 2. The molecule has 6 heteroatoms. The van der Waals surface area contributed by atoms with Crippen molar-refractivity contribution < 1.29 is 4.79 Å². The summed E-state index contributed by atoms with van der Waals surface area (Å²) in [5.41, 5.74) is 13.1. The normalized spacial score (nSPS) is 12.1. The molecule has 0 amide bonds. The molecule has 1 aromatic heterocycles. The number of anilines is 2. The average molecular weight is 302 g/mol. The smallest absolute Gasteiger partial charge is 0.192 e. The molecule has 1 heterocycles. The molecule has 0 radical (unpaired) electrons. The van der Waals surface area contributed by atoms with E-state index in [2.05, 4.69) is 16.9 Å². The van der Waals surface area contributed by atoms with Crippen LogP contribution in [0.3, 0.4) is 0 Å². The Kier molecular flexibility index (Phi) is 4.80. The third kappa shape index (κ3) is 3.95. The van der Waals surface area contributed by atoms with Crippen LogP contribution in [-0.2, 0) is 6.42 Å². The highest BCUT2D eigenvalue weighted by molar-refractivity contribution is 8.00. The van der Waals surface area contributed by atoms with Crippen molar-refractivity contribution in [2.24, 2.45) is 0 Å². The molecule has 0 aliphatic rings. The number of nitrogens with two attached hydrogens (primary N) is 2. The van der Waals surface area contributed by atoms with Crippen LogP contribution in [0.1, 0.15) is 29.8 Å². The molecule has 0 saturated carbocycles. The first-order valence-electron chi connectivity index (χ1n) is 6.69. The molecule has 0 spiro atoms. The summed E-state index contributed by atoms with van der Waals surface area (Å²) in [5.74, 6) is 0.640. The summed E-state index contributed by atoms with van der Waals surface area (Å²) in [7, 11) is 0. The van der Waals surface area contributed by atoms with Crippen molar-refractivity contribution in [2.75, 3.05) is 11.5 Å². The first-order valence-corrected chi connectivity index (χ1v) is 7.57. The maximum atomic E-state index is 12.4. The highest BCUT2D eigenvalue weighted by atomic mass is 32.2. The standard InChI is InChI=1S/C15H18N4OS/c1-3-10-4-6-11(7-5-10)14(20)9(2)21-15-18-12(16)8-13(17)19-15/h4-9H,3H2,1-2H3,(H4,16,17,18,19)/t9-/m1/s1. The lowest BCUT2D eigenvalue weighted by Gasteiger charge is -2.10. The second kappa shape index (κ2) is 6.58. The van der Waals surface area contributed by atoms with Gasteiger partial charge in [-0.05, 0) is 18.9 Å². The molecular formula is C15H18N4OS. The molecule has 2 aromatic rings. The molecule has 0 unspecified atom stereocenters. The topological polar surface area (TPSA) is 94.9 Å². The van der Waals surface area contributed by atoms with E-state index in [1.54, 1.807) is 0 Å². The minimum absolute atomic E-state index is 0.0345. The van der Waals surface area contributed by atoms with Crippen LogP contribution in [-0.4, -0.2) is 21.0 Å². The Balaban J connectivity index is 2.11. The van der Waals surface area contributed by atoms with Crippen molar-refractivity contribution in [2.45, 2.75) is 30.7 Å². The third-order valence-electron chi connectivity index (χ3n) is 3.04. The van der Waals surface area contributed by atoms with E-state index in [4.69, 9.17) is 11.5 Å². The van der Waals surface area contributed by atoms with Crippen LogP contribution >= 0.6 is 11.8 Å². The number of benzene rings is 1. The average Bonchev–Trinajstić information content (AvgIpc) is 2.45. The number of nitrogen functional groups attached to an aromatic ring is 2. The van der Waals surface area contributed by atoms with E-state index in [1.807, 2.05) is 31.2 Å². The number of carbonyl (C=O) groups excluding carboxylic acids is 1. The fourth-order valence-corrected chi connectivity index (χ4v) is 2.74. The van der Waals surface area contributed by atoms with Gasteiger partial charge in [0, 0.05) is 11.6 Å². The summed E-state index contributed by atoms with van der Waals surface area (Å²) >= 11 is 1.25. The minimum atomic E-state index is -0.307. The van der Waals surface area contributed by atoms with E-state index in [0.717, 1.165) is 6.42 Å². The van der Waals surface area contributed by atoms with Gasteiger partial charge in [-0.15, -0.1) is 0 Å². The van der Waals surface area contributed by atoms with Gasteiger partial charge >= 0.3 is 0 Å². The predicted molar refractivity (Wildman–Crippen MR) is 86.3 cm³/mol. The number of Topliss-reactive ketones (excluding diaryl/α,β-unsaturated/α-hetero) is 1. The lowest BCUT2D eigenvalue weighted by atomic mass is 10.1. The van der Waals surface area contributed by atoms with Gasteiger partial charge < -0.3 is 11.5 Å². The zero-order valence-electron chi connectivity index (χ0n) is 12.0. The molecule has 4 N–H and O–H groups in total. The Bertz CT molecular complexity index is 622. The summed E-state index contributed by atoms with van der Waals surface area (Å²) in [5, 5.41) is 0.109. The van der Waals surface area contributed by atoms with Crippen LogP contribution in [0, 0.1) is 0 Å². The van der Waals surface area contributed by atoms with Crippen LogP contribution in [0.2, 0.25) is 0 Å². The van der Waals surface area contributed by atoms with Gasteiger partial charge in [0.15, 0.2) is 10.9 Å². The van der Waals surface area contributed by atoms with Gasteiger partial charge in [0.25, 0.3) is 0 Å². The molecule has 0 aliphatic carbocycles. The Hall–Kier alpha value is -2.08. The van der Waals surface area contributed by atoms with Gasteiger partial charge in [-0.25, -0.2) is 9.97 Å². The van der Waals surface area contributed by atoms with Crippen LogP contribution in [0.4, 0.5) is 11.6 Å². The summed E-state index contributed by atoms with van der Waals surface area (Å²) in [6.07, 6.45) is 0.954. The number of hydrogen-bond donors (Lipinski definition) is 2. The molecule has 1 aromatic carbocycles. The Morgan fingerprint density at radius 2 is 1.76 bits per heavy atom. The summed E-state index contributed by atoms with van der Waals surface area (Å²) in [6.45, 7) is 3.90. The first-order chi connectivity index (χ1) is 9.99. The monoisotopic (exact) mass is 302 g/mol. The third-order valence-corrected chi connectivity index (χ3v) is 4.00. The van der Waals surface area contributed by atoms with E-state index in [1.165, 1.54) is 23.4 Å². The van der Waals surface area contributed by atoms with Gasteiger partial charge in [-0.3, -0.25) is 4.79 Å². The molecule has 0 aliphatic heterocycles. The molecule has 5 nitrogen and oxygen atoms in total. The SMILES string of the molecule is CCc1ccc(C(=O)[C@@H](C)Sc2nc(N)cc(N)n2)cc1. The fourth-order valence-electron chi connectivity index (χ4n) is 1.87. The van der Waals surface area contributed by atoms with Gasteiger partial charge in [0.1, 0.15) is 11.6 Å².